The zero-order valence-electron chi connectivity index (χ0n) is 17.4. The summed E-state index contributed by atoms with van der Waals surface area (Å²) in [6, 6.07) is 9.03. The highest BCUT2D eigenvalue weighted by atomic mass is 32.2. The molecule has 0 spiro atoms. The number of ether oxygens (including phenoxy) is 2. The largest absolute Gasteiger partial charge is 0.497 e. The monoisotopic (exact) mass is 467 g/mol. The van der Waals surface area contributed by atoms with Crippen molar-refractivity contribution >= 4 is 21.7 Å². The van der Waals surface area contributed by atoms with E-state index in [0.29, 0.717) is 12.2 Å². The second-order valence-electron chi connectivity index (χ2n) is 7.35. The summed E-state index contributed by atoms with van der Waals surface area (Å²) < 4.78 is 62.2. The number of hydrogen-bond acceptors (Lipinski definition) is 6. The minimum absolute atomic E-state index is 0.0178. The number of amides is 1. The van der Waals surface area contributed by atoms with E-state index in [4.69, 9.17) is 9.47 Å². The molecule has 172 valence electrons. The molecule has 0 saturated carbocycles. The molecule has 7 nitrogen and oxygen atoms in total. The Morgan fingerprint density at radius 3 is 2.56 bits per heavy atom. The van der Waals surface area contributed by atoms with Crippen molar-refractivity contribution in [3.05, 3.63) is 59.7 Å². The molecule has 0 N–H and O–H groups in total. The van der Waals surface area contributed by atoms with Crippen LogP contribution >= 0.6 is 0 Å². The average molecular weight is 467 g/mol. The summed E-state index contributed by atoms with van der Waals surface area (Å²) in [6.07, 6.45) is 0.390. The Morgan fingerprint density at radius 1 is 1.16 bits per heavy atom. The van der Waals surface area contributed by atoms with Gasteiger partial charge in [0.2, 0.25) is 5.91 Å². The fourth-order valence-corrected chi connectivity index (χ4v) is 4.58. The van der Waals surface area contributed by atoms with E-state index < -0.39 is 39.2 Å². The van der Waals surface area contributed by atoms with Crippen molar-refractivity contribution in [2.45, 2.75) is 36.7 Å². The quantitative estimate of drug-likeness (QED) is 0.527. The molecule has 1 heterocycles. The lowest BCUT2D eigenvalue weighted by Gasteiger charge is -2.24. The van der Waals surface area contributed by atoms with Gasteiger partial charge >= 0.3 is 5.97 Å². The highest BCUT2D eigenvalue weighted by Gasteiger charge is 2.33. The SMILES string of the molecule is COc1ccc(S(=O)(=O)CCOC(=O)CC2CCC(=O)N2Cc2cccc(F)c2F)cc1. The van der Waals surface area contributed by atoms with Gasteiger partial charge in [-0.25, -0.2) is 17.2 Å². The molecule has 1 unspecified atom stereocenters. The Kier molecular flexibility index (Phi) is 7.44. The number of sulfone groups is 1. The van der Waals surface area contributed by atoms with E-state index in [0.717, 1.165) is 6.07 Å². The molecule has 1 aliphatic heterocycles. The summed E-state index contributed by atoms with van der Waals surface area (Å²) in [5, 5.41) is 0. The molecule has 32 heavy (non-hydrogen) atoms. The van der Waals surface area contributed by atoms with Crippen LogP contribution in [-0.4, -0.2) is 50.7 Å². The van der Waals surface area contributed by atoms with Gasteiger partial charge in [-0.05, 0) is 36.8 Å². The minimum atomic E-state index is -3.65. The number of methoxy groups -OCH3 is 1. The number of rotatable bonds is 9. The number of halogens is 2. The molecule has 1 amide bonds. The van der Waals surface area contributed by atoms with Gasteiger partial charge in [-0.1, -0.05) is 12.1 Å². The summed E-state index contributed by atoms with van der Waals surface area (Å²) >= 11 is 0. The van der Waals surface area contributed by atoms with Gasteiger partial charge in [0.15, 0.2) is 21.5 Å². The van der Waals surface area contributed by atoms with E-state index in [1.54, 1.807) is 0 Å². The maximum absolute atomic E-state index is 14.0. The van der Waals surface area contributed by atoms with E-state index in [2.05, 4.69) is 0 Å². The Balaban J connectivity index is 1.54. The molecule has 1 aliphatic rings. The number of carbonyl (C=O) groups excluding carboxylic acids is 2. The molecule has 1 fully saturated rings. The number of nitrogens with zero attached hydrogens (tertiary/aromatic N) is 1. The van der Waals surface area contributed by atoms with Gasteiger partial charge in [-0.2, -0.15) is 0 Å². The number of esters is 1. The van der Waals surface area contributed by atoms with Crippen molar-refractivity contribution in [2.75, 3.05) is 19.5 Å². The lowest BCUT2D eigenvalue weighted by molar-refractivity contribution is -0.144. The van der Waals surface area contributed by atoms with Crippen LogP contribution in [0, 0.1) is 11.6 Å². The maximum Gasteiger partial charge on any atom is 0.307 e. The Hall–Kier alpha value is -3.01. The number of hydrogen-bond donors (Lipinski definition) is 0. The van der Waals surface area contributed by atoms with Crippen molar-refractivity contribution in [3.63, 3.8) is 0 Å². The van der Waals surface area contributed by atoms with Gasteiger partial charge in [0.05, 0.1) is 24.2 Å². The van der Waals surface area contributed by atoms with Gasteiger partial charge in [0.25, 0.3) is 0 Å². The molecule has 10 heteroatoms. The fourth-order valence-electron chi connectivity index (χ4n) is 3.49. The first-order valence-electron chi connectivity index (χ1n) is 9.96. The predicted molar refractivity (Wildman–Crippen MR) is 111 cm³/mol. The highest BCUT2D eigenvalue weighted by molar-refractivity contribution is 7.91. The zero-order valence-corrected chi connectivity index (χ0v) is 18.2. The van der Waals surface area contributed by atoms with Gasteiger partial charge in [0, 0.05) is 24.6 Å². The normalized spacial score (nSPS) is 16.3. The molecule has 0 aliphatic carbocycles. The molecule has 2 aromatic rings. The predicted octanol–water partition coefficient (Wildman–Crippen LogP) is 2.87. The molecular formula is C22H23F2NO6S. The topological polar surface area (TPSA) is 90.0 Å². The molecule has 1 saturated heterocycles. The molecular weight excluding hydrogens is 444 g/mol. The van der Waals surface area contributed by atoms with Crippen LogP contribution in [0.3, 0.4) is 0 Å². The second-order valence-corrected chi connectivity index (χ2v) is 9.46. The molecule has 0 bridgehead atoms. The molecule has 3 rings (SSSR count). The first kappa shape index (κ1) is 23.6. The molecule has 0 radical (unpaired) electrons. The Labute approximate surface area is 184 Å². The third-order valence-corrected chi connectivity index (χ3v) is 6.96. The van der Waals surface area contributed by atoms with E-state index in [1.165, 1.54) is 48.4 Å². The Morgan fingerprint density at radius 2 is 1.88 bits per heavy atom. The van der Waals surface area contributed by atoms with Gasteiger partial charge < -0.3 is 14.4 Å². The van der Waals surface area contributed by atoms with Gasteiger partial charge in [0.1, 0.15) is 12.4 Å². The molecule has 0 aromatic heterocycles. The van der Waals surface area contributed by atoms with E-state index >= 15 is 0 Å². The summed E-state index contributed by atoms with van der Waals surface area (Å²) in [5.74, 6) is -2.86. The second kappa shape index (κ2) is 10.1. The smallest absolute Gasteiger partial charge is 0.307 e. The van der Waals surface area contributed by atoms with Crippen molar-refractivity contribution in [3.8, 4) is 5.75 Å². The van der Waals surface area contributed by atoms with Gasteiger partial charge in [-0.3, -0.25) is 9.59 Å². The standard InChI is InChI=1S/C22H23F2NO6S/c1-30-17-6-8-18(9-7-17)32(28,29)12-11-31-21(27)13-16-5-10-20(26)25(16)14-15-3-2-4-19(23)22(15)24/h2-4,6-9,16H,5,10-14H2,1H3. The third kappa shape index (κ3) is 5.61. The fraction of sp³-hybridized carbons (Fsp3) is 0.364. The van der Waals surface area contributed by atoms with Crippen LogP contribution in [0.1, 0.15) is 24.8 Å². The number of benzene rings is 2. The van der Waals surface area contributed by atoms with E-state index in [-0.39, 0.29) is 42.4 Å². The third-order valence-electron chi connectivity index (χ3n) is 5.26. The van der Waals surface area contributed by atoms with Gasteiger partial charge in [-0.15, -0.1) is 0 Å². The van der Waals surface area contributed by atoms with Crippen molar-refractivity contribution in [1.29, 1.82) is 0 Å². The minimum Gasteiger partial charge on any atom is -0.497 e. The van der Waals surface area contributed by atoms with E-state index in [9.17, 15) is 26.8 Å². The van der Waals surface area contributed by atoms with Crippen LogP contribution in [0.25, 0.3) is 0 Å². The summed E-state index contributed by atoms with van der Waals surface area (Å²) in [4.78, 5) is 25.8. The Bertz CT molecular complexity index is 1090. The molecule has 2 aromatic carbocycles. The first-order chi connectivity index (χ1) is 15.2. The average Bonchev–Trinajstić information content (AvgIpc) is 3.10. The van der Waals surface area contributed by atoms with Crippen LogP contribution in [0.2, 0.25) is 0 Å². The van der Waals surface area contributed by atoms with Crippen molar-refractivity contribution < 1.29 is 36.3 Å². The van der Waals surface area contributed by atoms with Crippen LogP contribution < -0.4 is 4.74 Å². The highest BCUT2D eigenvalue weighted by Crippen LogP contribution is 2.25. The summed E-state index contributed by atoms with van der Waals surface area (Å²) in [6.45, 7) is -0.501. The lowest BCUT2D eigenvalue weighted by atomic mass is 10.1. The summed E-state index contributed by atoms with van der Waals surface area (Å²) in [5.41, 5.74) is 0.0178. The zero-order chi connectivity index (χ0) is 23.3. The number of likely N-dealkylation sites (tertiary alicyclic amines) is 1. The lowest BCUT2D eigenvalue weighted by Crippen LogP contribution is -2.35. The first-order valence-corrected chi connectivity index (χ1v) is 11.6. The summed E-state index contributed by atoms with van der Waals surface area (Å²) in [7, 11) is -2.18. The van der Waals surface area contributed by atoms with Crippen LogP contribution in [0.4, 0.5) is 8.78 Å². The van der Waals surface area contributed by atoms with Crippen molar-refractivity contribution in [1.82, 2.24) is 4.90 Å². The van der Waals surface area contributed by atoms with Crippen molar-refractivity contribution in [2.24, 2.45) is 0 Å². The maximum atomic E-state index is 14.0. The van der Waals surface area contributed by atoms with E-state index in [1.807, 2.05) is 0 Å². The van der Waals surface area contributed by atoms with Crippen LogP contribution in [0.5, 0.6) is 5.75 Å². The van der Waals surface area contributed by atoms with Crippen LogP contribution in [-0.2, 0) is 30.7 Å². The molecule has 1 atom stereocenters. The van der Waals surface area contributed by atoms with Crippen LogP contribution in [0.15, 0.2) is 47.4 Å². The number of carbonyl (C=O) groups is 2.